The predicted octanol–water partition coefficient (Wildman–Crippen LogP) is 4.97. The van der Waals surface area contributed by atoms with Gasteiger partial charge in [0.15, 0.2) is 6.61 Å². The molecule has 0 aliphatic carbocycles. The second-order valence-electron chi connectivity index (χ2n) is 6.62. The Morgan fingerprint density at radius 3 is 2.53 bits per heavy atom. The summed E-state index contributed by atoms with van der Waals surface area (Å²) in [5.74, 6) is -1.25. The average Bonchev–Trinajstić information content (AvgIpc) is 3.16. The standard InChI is InChI=1S/C22H19FN2O6S/c1-3-30-22(27)20-17(14-4-6-15(23)7-5-14)12-32-21(20)24-19(26)11-31-16-8-9-18(25(28)29)13(2)10-16/h4-10,12H,3,11H2,1-2H3,(H,24,26). The summed E-state index contributed by atoms with van der Waals surface area (Å²) in [5.41, 5.74) is 1.63. The number of rotatable bonds is 8. The number of carbonyl (C=O) groups excluding carboxylic acids is 2. The van der Waals surface area contributed by atoms with Gasteiger partial charge in [0.2, 0.25) is 0 Å². The number of amides is 1. The van der Waals surface area contributed by atoms with Crippen molar-refractivity contribution >= 4 is 33.9 Å². The molecule has 0 spiro atoms. The summed E-state index contributed by atoms with van der Waals surface area (Å²) in [4.78, 5) is 35.4. The van der Waals surface area contributed by atoms with Crippen LogP contribution in [0.15, 0.2) is 47.8 Å². The Kier molecular flexibility index (Phi) is 7.16. The summed E-state index contributed by atoms with van der Waals surface area (Å²) in [7, 11) is 0. The first kappa shape index (κ1) is 22.9. The van der Waals surface area contributed by atoms with Crippen molar-refractivity contribution in [2.75, 3.05) is 18.5 Å². The fourth-order valence-corrected chi connectivity index (χ4v) is 3.91. The van der Waals surface area contributed by atoms with Gasteiger partial charge in [-0.2, -0.15) is 0 Å². The van der Waals surface area contributed by atoms with Gasteiger partial charge in [0.05, 0.1) is 11.5 Å². The number of nitrogens with zero attached hydrogens (tertiary/aromatic N) is 1. The summed E-state index contributed by atoms with van der Waals surface area (Å²) in [5, 5.41) is 15.5. The topological polar surface area (TPSA) is 108 Å². The first-order valence-electron chi connectivity index (χ1n) is 9.52. The molecule has 0 saturated heterocycles. The van der Waals surface area contributed by atoms with Crippen LogP contribution in [-0.4, -0.2) is 30.0 Å². The van der Waals surface area contributed by atoms with E-state index in [0.717, 1.165) is 11.3 Å². The van der Waals surface area contributed by atoms with Crippen molar-refractivity contribution < 1.29 is 28.4 Å². The van der Waals surface area contributed by atoms with E-state index >= 15 is 0 Å². The van der Waals surface area contributed by atoms with Crippen LogP contribution >= 0.6 is 11.3 Å². The van der Waals surface area contributed by atoms with E-state index in [0.29, 0.717) is 22.4 Å². The van der Waals surface area contributed by atoms with Gasteiger partial charge in [0.25, 0.3) is 11.6 Å². The molecule has 0 unspecified atom stereocenters. The SMILES string of the molecule is CCOC(=O)c1c(-c2ccc(F)cc2)csc1NC(=O)COc1ccc([N+](=O)[O-])c(C)c1. The minimum Gasteiger partial charge on any atom is -0.484 e. The lowest BCUT2D eigenvalue weighted by Gasteiger charge is -2.10. The van der Waals surface area contributed by atoms with Crippen LogP contribution < -0.4 is 10.1 Å². The Hall–Kier alpha value is -3.79. The van der Waals surface area contributed by atoms with E-state index < -0.39 is 22.6 Å². The van der Waals surface area contributed by atoms with Crippen molar-refractivity contribution in [3.8, 4) is 16.9 Å². The van der Waals surface area contributed by atoms with Crippen molar-refractivity contribution in [2.45, 2.75) is 13.8 Å². The Balaban J connectivity index is 1.76. The van der Waals surface area contributed by atoms with Crippen LogP contribution in [0.5, 0.6) is 5.75 Å². The lowest BCUT2D eigenvalue weighted by molar-refractivity contribution is -0.385. The van der Waals surface area contributed by atoms with Gasteiger partial charge in [-0.1, -0.05) is 12.1 Å². The minimum atomic E-state index is -0.615. The molecule has 3 rings (SSSR count). The van der Waals surface area contributed by atoms with Crippen LogP contribution in [0.3, 0.4) is 0 Å². The quantitative estimate of drug-likeness (QED) is 0.290. The Labute approximate surface area is 186 Å². The molecule has 0 bridgehead atoms. The zero-order valence-electron chi connectivity index (χ0n) is 17.2. The molecule has 0 aliphatic heterocycles. The molecule has 166 valence electrons. The highest BCUT2D eigenvalue weighted by Gasteiger charge is 2.23. The molecule has 0 aliphatic rings. The number of benzene rings is 2. The number of nitro benzene ring substituents is 1. The molecule has 1 N–H and O–H groups in total. The molecule has 0 saturated carbocycles. The van der Waals surface area contributed by atoms with Crippen molar-refractivity contribution in [3.05, 3.63) is 74.9 Å². The van der Waals surface area contributed by atoms with Gasteiger partial charge in [-0.3, -0.25) is 14.9 Å². The van der Waals surface area contributed by atoms with Gasteiger partial charge in [-0.15, -0.1) is 11.3 Å². The normalized spacial score (nSPS) is 10.5. The lowest BCUT2D eigenvalue weighted by Crippen LogP contribution is -2.21. The number of halogens is 1. The molecular formula is C22H19FN2O6S. The number of ether oxygens (including phenoxy) is 2. The molecule has 0 atom stereocenters. The molecule has 8 nitrogen and oxygen atoms in total. The first-order chi connectivity index (χ1) is 15.3. The zero-order valence-corrected chi connectivity index (χ0v) is 18.0. The summed E-state index contributed by atoms with van der Waals surface area (Å²) < 4.78 is 23.8. The zero-order chi connectivity index (χ0) is 23.3. The first-order valence-corrected chi connectivity index (χ1v) is 10.4. The fourth-order valence-electron chi connectivity index (χ4n) is 2.93. The van der Waals surface area contributed by atoms with Crippen molar-refractivity contribution in [1.82, 2.24) is 0 Å². The predicted molar refractivity (Wildman–Crippen MR) is 118 cm³/mol. The highest BCUT2D eigenvalue weighted by Crippen LogP contribution is 2.36. The Bertz CT molecular complexity index is 1160. The van der Waals surface area contributed by atoms with Crippen LogP contribution in [0.1, 0.15) is 22.8 Å². The van der Waals surface area contributed by atoms with E-state index in [9.17, 15) is 24.1 Å². The smallest absolute Gasteiger partial charge is 0.341 e. The number of carbonyl (C=O) groups is 2. The van der Waals surface area contributed by atoms with Gasteiger partial charge in [0, 0.05) is 22.6 Å². The Morgan fingerprint density at radius 2 is 1.91 bits per heavy atom. The molecule has 1 aromatic heterocycles. The van der Waals surface area contributed by atoms with Gasteiger partial charge in [-0.25, -0.2) is 9.18 Å². The largest absolute Gasteiger partial charge is 0.484 e. The third-order valence-corrected chi connectivity index (χ3v) is 5.31. The molecule has 10 heteroatoms. The van der Waals surface area contributed by atoms with Crippen LogP contribution in [0, 0.1) is 22.9 Å². The van der Waals surface area contributed by atoms with Crippen LogP contribution in [0.2, 0.25) is 0 Å². The van der Waals surface area contributed by atoms with E-state index in [2.05, 4.69) is 5.32 Å². The van der Waals surface area contributed by atoms with Gasteiger partial charge in [-0.05, 0) is 43.7 Å². The average molecular weight is 458 g/mol. The number of nitro groups is 1. The van der Waals surface area contributed by atoms with E-state index in [4.69, 9.17) is 9.47 Å². The molecule has 1 amide bonds. The second kappa shape index (κ2) is 10.0. The van der Waals surface area contributed by atoms with E-state index in [1.807, 2.05) is 0 Å². The summed E-state index contributed by atoms with van der Waals surface area (Å²) >= 11 is 1.13. The maximum Gasteiger partial charge on any atom is 0.341 e. The molecule has 2 aromatic carbocycles. The number of nitrogens with one attached hydrogen (secondary N) is 1. The summed E-state index contributed by atoms with van der Waals surface area (Å²) in [6.07, 6.45) is 0. The maximum absolute atomic E-state index is 13.3. The fraction of sp³-hybridized carbons (Fsp3) is 0.182. The monoisotopic (exact) mass is 458 g/mol. The van der Waals surface area contributed by atoms with E-state index in [1.165, 1.54) is 42.5 Å². The van der Waals surface area contributed by atoms with E-state index in [1.54, 1.807) is 19.2 Å². The van der Waals surface area contributed by atoms with Crippen molar-refractivity contribution in [2.24, 2.45) is 0 Å². The molecule has 1 heterocycles. The molecule has 0 radical (unpaired) electrons. The lowest BCUT2D eigenvalue weighted by atomic mass is 10.0. The Morgan fingerprint density at radius 1 is 1.19 bits per heavy atom. The maximum atomic E-state index is 13.3. The summed E-state index contributed by atoms with van der Waals surface area (Å²) in [6.45, 7) is 3.01. The highest BCUT2D eigenvalue weighted by atomic mass is 32.1. The van der Waals surface area contributed by atoms with E-state index in [-0.39, 0.29) is 29.5 Å². The molecule has 32 heavy (non-hydrogen) atoms. The minimum absolute atomic E-state index is 0.0483. The number of aryl methyl sites for hydroxylation is 1. The number of hydrogen-bond donors (Lipinski definition) is 1. The number of esters is 1. The molecular weight excluding hydrogens is 439 g/mol. The number of thiophene rings is 1. The molecule has 0 fully saturated rings. The number of anilines is 1. The van der Waals surface area contributed by atoms with Gasteiger partial charge >= 0.3 is 5.97 Å². The van der Waals surface area contributed by atoms with Gasteiger partial charge < -0.3 is 14.8 Å². The summed E-state index contributed by atoms with van der Waals surface area (Å²) in [6, 6.07) is 9.79. The van der Waals surface area contributed by atoms with Crippen LogP contribution in [-0.2, 0) is 9.53 Å². The number of hydrogen-bond acceptors (Lipinski definition) is 7. The van der Waals surface area contributed by atoms with Crippen molar-refractivity contribution in [3.63, 3.8) is 0 Å². The highest BCUT2D eigenvalue weighted by molar-refractivity contribution is 7.15. The second-order valence-corrected chi connectivity index (χ2v) is 7.50. The van der Waals surface area contributed by atoms with Gasteiger partial charge in [0.1, 0.15) is 22.1 Å². The van der Waals surface area contributed by atoms with Crippen LogP contribution in [0.4, 0.5) is 15.1 Å². The third-order valence-electron chi connectivity index (χ3n) is 4.41. The van der Waals surface area contributed by atoms with Crippen molar-refractivity contribution in [1.29, 1.82) is 0 Å². The third kappa shape index (κ3) is 5.27. The molecule has 3 aromatic rings. The van der Waals surface area contributed by atoms with Crippen LogP contribution in [0.25, 0.3) is 11.1 Å².